The van der Waals surface area contributed by atoms with Crippen LogP contribution in [0.25, 0.3) is 5.69 Å². The van der Waals surface area contributed by atoms with Crippen LogP contribution in [-0.2, 0) is 22.6 Å². The maximum Gasteiger partial charge on any atom is 0.303 e. The van der Waals surface area contributed by atoms with Crippen LogP contribution in [0.5, 0.6) is 11.5 Å². The third-order valence-corrected chi connectivity index (χ3v) is 5.31. The summed E-state index contributed by atoms with van der Waals surface area (Å²) in [4.78, 5) is 12.9. The van der Waals surface area contributed by atoms with Crippen molar-refractivity contribution in [2.45, 2.75) is 33.3 Å². The average molecular weight is 487 g/mol. The first-order chi connectivity index (χ1) is 17.0. The van der Waals surface area contributed by atoms with Crippen LogP contribution in [0, 0.1) is 5.82 Å². The van der Waals surface area contributed by atoms with Crippen molar-refractivity contribution in [3.05, 3.63) is 59.5 Å². The molecule has 1 saturated heterocycles. The van der Waals surface area contributed by atoms with Gasteiger partial charge in [0.25, 0.3) is 0 Å². The van der Waals surface area contributed by atoms with Gasteiger partial charge in [-0.05, 0) is 36.2 Å². The molecule has 1 fully saturated rings. The van der Waals surface area contributed by atoms with Crippen molar-refractivity contribution in [1.82, 2.24) is 15.0 Å². The van der Waals surface area contributed by atoms with Crippen molar-refractivity contribution in [2.24, 2.45) is 0 Å². The van der Waals surface area contributed by atoms with E-state index in [0.29, 0.717) is 55.7 Å². The summed E-state index contributed by atoms with van der Waals surface area (Å²) in [5, 5.41) is 17.4. The molecule has 10 heteroatoms. The Labute approximate surface area is 204 Å². The van der Waals surface area contributed by atoms with Crippen molar-refractivity contribution in [2.75, 3.05) is 38.3 Å². The molecular formula is C25H31FN4O5. The molecule has 2 heterocycles. The highest BCUT2D eigenvalue weighted by Gasteiger charge is 2.24. The van der Waals surface area contributed by atoms with Crippen molar-refractivity contribution >= 4 is 11.8 Å². The molecule has 1 N–H and O–H groups in total. The summed E-state index contributed by atoms with van der Waals surface area (Å²) in [5.41, 5.74) is 1.64. The lowest BCUT2D eigenvalue weighted by Crippen LogP contribution is -2.38. The highest BCUT2D eigenvalue weighted by Crippen LogP contribution is 2.28. The number of aromatic nitrogens is 3. The van der Waals surface area contributed by atoms with E-state index in [-0.39, 0.29) is 18.7 Å². The smallest absolute Gasteiger partial charge is 0.303 e. The van der Waals surface area contributed by atoms with Gasteiger partial charge < -0.3 is 24.2 Å². The van der Waals surface area contributed by atoms with Crippen molar-refractivity contribution < 1.29 is 28.5 Å². The molecule has 1 aliphatic rings. The number of ether oxygens (including phenoxy) is 3. The van der Waals surface area contributed by atoms with Crippen LogP contribution >= 0.6 is 0 Å². The molecule has 1 aromatic heterocycles. The molecule has 0 saturated carbocycles. The minimum absolute atomic E-state index is 0.0467. The van der Waals surface area contributed by atoms with Crippen molar-refractivity contribution in [3.63, 3.8) is 0 Å². The minimum Gasteiger partial charge on any atom is -0.497 e. The number of aliphatic carboxylic acids is 1. The number of hydrogen-bond acceptors (Lipinski definition) is 7. The van der Waals surface area contributed by atoms with Crippen LogP contribution in [0.1, 0.15) is 31.5 Å². The number of aryl methyl sites for hydroxylation is 1. The summed E-state index contributed by atoms with van der Waals surface area (Å²) < 4.78 is 32.8. The van der Waals surface area contributed by atoms with E-state index in [0.717, 1.165) is 5.56 Å². The molecule has 0 bridgehead atoms. The second-order valence-electron chi connectivity index (χ2n) is 7.52. The molecule has 188 valence electrons. The van der Waals surface area contributed by atoms with Crippen LogP contribution in [0.2, 0.25) is 0 Å². The molecule has 0 amide bonds. The molecule has 9 nitrogen and oxygen atoms in total. The minimum atomic E-state index is -0.849. The summed E-state index contributed by atoms with van der Waals surface area (Å²) in [7, 11) is 1.52. The standard InChI is InChI=1S/C23H25FN4O5.C2H6/c1-31-17-6-7-19(24)21(14-17)28-23(27-9-11-32-12-10-27)20(25-26-28)15-33-18-4-2-3-16(13-18)5-8-22(29)30;1-2/h2-4,6-7,13-14H,5,8-12,15H2,1H3,(H,29,30);1-2H3. The lowest BCUT2D eigenvalue weighted by atomic mass is 10.1. The molecular weight excluding hydrogens is 455 g/mol. The lowest BCUT2D eigenvalue weighted by molar-refractivity contribution is -0.136. The number of morpholine rings is 1. The molecule has 0 spiro atoms. The van der Waals surface area contributed by atoms with E-state index >= 15 is 0 Å². The van der Waals surface area contributed by atoms with Gasteiger partial charge in [0.05, 0.1) is 20.3 Å². The second kappa shape index (κ2) is 12.7. The quantitative estimate of drug-likeness (QED) is 0.487. The van der Waals surface area contributed by atoms with Gasteiger partial charge >= 0.3 is 5.97 Å². The highest BCUT2D eigenvalue weighted by atomic mass is 19.1. The third kappa shape index (κ3) is 6.69. The number of anilines is 1. The number of carboxylic acid groups (broad SMARTS) is 1. The Kier molecular flexibility index (Phi) is 9.42. The molecule has 0 atom stereocenters. The number of nitrogens with zero attached hydrogens (tertiary/aromatic N) is 4. The third-order valence-electron chi connectivity index (χ3n) is 5.31. The number of carboxylic acids is 1. The fourth-order valence-electron chi connectivity index (χ4n) is 3.63. The lowest BCUT2D eigenvalue weighted by Gasteiger charge is -2.29. The van der Waals surface area contributed by atoms with E-state index in [4.69, 9.17) is 19.3 Å². The van der Waals surface area contributed by atoms with Crippen LogP contribution in [0.15, 0.2) is 42.5 Å². The topological polar surface area (TPSA) is 98.9 Å². The summed E-state index contributed by atoms with van der Waals surface area (Å²) in [6.45, 7) is 6.41. The molecule has 2 aromatic carbocycles. The van der Waals surface area contributed by atoms with Crippen molar-refractivity contribution in [3.8, 4) is 17.2 Å². The van der Waals surface area contributed by atoms with Gasteiger partial charge in [-0.3, -0.25) is 4.79 Å². The molecule has 1 aliphatic heterocycles. The Morgan fingerprint density at radius 3 is 2.63 bits per heavy atom. The molecule has 3 aromatic rings. The van der Waals surface area contributed by atoms with Gasteiger partial charge in [0.2, 0.25) is 0 Å². The predicted octanol–water partition coefficient (Wildman–Crippen LogP) is 3.87. The number of hydrogen-bond donors (Lipinski definition) is 1. The van der Waals surface area contributed by atoms with Gasteiger partial charge in [0, 0.05) is 25.6 Å². The second-order valence-corrected chi connectivity index (χ2v) is 7.52. The molecule has 4 rings (SSSR count). The maximum absolute atomic E-state index is 14.7. The molecule has 35 heavy (non-hydrogen) atoms. The van der Waals surface area contributed by atoms with Gasteiger partial charge in [-0.1, -0.05) is 31.2 Å². The van der Waals surface area contributed by atoms with Gasteiger partial charge in [-0.25, -0.2) is 4.39 Å². The van der Waals surface area contributed by atoms with Gasteiger partial charge in [0.1, 0.15) is 35.3 Å². The van der Waals surface area contributed by atoms with E-state index in [2.05, 4.69) is 10.3 Å². The van der Waals surface area contributed by atoms with Crippen LogP contribution < -0.4 is 14.4 Å². The zero-order valence-corrected chi connectivity index (χ0v) is 20.2. The number of halogens is 1. The number of rotatable bonds is 9. The number of carbonyl (C=O) groups is 1. The Bertz CT molecular complexity index is 1110. The molecule has 0 unspecified atom stereocenters. The summed E-state index contributed by atoms with van der Waals surface area (Å²) in [5.74, 6) is 0.429. The first-order valence-electron chi connectivity index (χ1n) is 11.6. The van der Waals surface area contributed by atoms with E-state index in [1.54, 1.807) is 18.2 Å². The summed E-state index contributed by atoms with van der Waals surface area (Å²) in [6.07, 6.45) is 0.460. The highest BCUT2D eigenvalue weighted by molar-refractivity contribution is 5.67. The first-order valence-corrected chi connectivity index (χ1v) is 11.6. The Morgan fingerprint density at radius 1 is 1.14 bits per heavy atom. The zero-order valence-electron chi connectivity index (χ0n) is 20.2. The van der Waals surface area contributed by atoms with Crippen LogP contribution in [0.4, 0.5) is 10.2 Å². The largest absolute Gasteiger partial charge is 0.497 e. The SMILES string of the molecule is CC.COc1ccc(F)c(-n2nnc(COc3cccc(CCC(=O)O)c3)c2N2CCOCC2)c1. The Hall–Kier alpha value is -3.66. The monoisotopic (exact) mass is 486 g/mol. The molecule has 0 radical (unpaired) electrons. The first kappa shape index (κ1) is 26.0. The number of benzene rings is 2. The van der Waals surface area contributed by atoms with Gasteiger partial charge in [-0.15, -0.1) is 5.10 Å². The van der Waals surface area contributed by atoms with Gasteiger partial charge in [-0.2, -0.15) is 4.68 Å². The fourth-order valence-corrected chi connectivity index (χ4v) is 3.63. The number of methoxy groups -OCH3 is 1. The summed E-state index contributed by atoms with van der Waals surface area (Å²) in [6, 6.07) is 11.7. The average Bonchev–Trinajstić information content (AvgIpc) is 3.32. The van der Waals surface area contributed by atoms with E-state index in [1.807, 2.05) is 36.9 Å². The summed E-state index contributed by atoms with van der Waals surface area (Å²) >= 11 is 0. The Morgan fingerprint density at radius 2 is 1.91 bits per heavy atom. The van der Waals surface area contributed by atoms with E-state index in [1.165, 1.54) is 17.9 Å². The van der Waals surface area contributed by atoms with E-state index < -0.39 is 11.8 Å². The zero-order chi connectivity index (χ0) is 25.2. The normalized spacial score (nSPS) is 13.1. The van der Waals surface area contributed by atoms with Crippen LogP contribution in [-0.4, -0.2) is 59.5 Å². The predicted molar refractivity (Wildman–Crippen MR) is 129 cm³/mol. The maximum atomic E-state index is 14.7. The fraction of sp³-hybridized carbons (Fsp3) is 0.400. The van der Waals surface area contributed by atoms with Crippen LogP contribution in [0.3, 0.4) is 0 Å². The molecule has 0 aliphatic carbocycles. The van der Waals surface area contributed by atoms with Crippen molar-refractivity contribution in [1.29, 1.82) is 0 Å². The van der Waals surface area contributed by atoms with Gasteiger partial charge in [0.15, 0.2) is 5.82 Å². The van der Waals surface area contributed by atoms with E-state index in [9.17, 15) is 9.18 Å². The Balaban J connectivity index is 0.00000167.